The highest BCUT2D eigenvalue weighted by atomic mass is 19.1. The van der Waals surface area contributed by atoms with Crippen molar-refractivity contribution in [3.8, 4) is 5.69 Å². The van der Waals surface area contributed by atoms with E-state index in [4.69, 9.17) is 4.74 Å². The van der Waals surface area contributed by atoms with Crippen molar-refractivity contribution in [2.75, 3.05) is 18.5 Å². The van der Waals surface area contributed by atoms with Crippen LogP contribution in [0.5, 0.6) is 0 Å². The number of anilines is 1. The van der Waals surface area contributed by atoms with Crippen molar-refractivity contribution < 1.29 is 28.3 Å². The Labute approximate surface area is 212 Å². The molecule has 0 bridgehead atoms. The van der Waals surface area contributed by atoms with Gasteiger partial charge in [-0.2, -0.15) is 0 Å². The first-order valence-electron chi connectivity index (χ1n) is 11.5. The first-order valence-corrected chi connectivity index (χ1v) is 11.5. The van der Waals surface area contributed by atoms with E-state index in [0.29, 0.717) is 11.1 Å². The molecule has 4 rings (SSSR count). The van der Waals surface area contributed by atoms with Crippen molar-refractivity contribution in [1.82, 2.24) is 14.8 Å². The Morgan fingerprint density at radius 2 is 1.78 bits per heavy atom. The Balaban J connectivity index is 1.52. The average Bonchev–Trinajstić information content (AvgIpc) is 3.29. The molecule has 1 saturated heterocycles. The van der Waals surface area contributed by atoms with E-state index in [1.807, 2.05) is 24.5 Å². The summed E-state index contributed by atoms with van der Waals surface area (Å²) in [6.45, 7) is 5.22. The number of ether oxygens (including phenoxy) is 1. The monoisotopic (exact) mass is 504 g/mol. The number of carbonyl (C=O) groups is 4. The van der Waals surface area contributed by atoms with Gasteiger partial charge in [0, 0.05) is 17.1 Å². The van der Waals surface area contributed by atoms with Crippen molar-refractivity contribution >= 4 is 35.6 Å². The van der Waals surface area contributed by atoms with E-state index < -0.39 is 36.2 Å². The SMILES string of the molecule is CCOC(=O)c1ccc(-n2c(C)cc(/C=C3/NC(=O)N(CC(=O)Nc4ccccc4F)C3=O)c2C)cc1. The second-order valence-electron chi connectivity index (χ2n) is 8.34. The molecular weight excluding hydrogens is 479 g/mol. The van der Waals surface area contributed by atoms with Crippen LogP contribution in [-0.2, 0) is 14.3 Å². The summed E-state index contributed by atoms with van der Waals surface area (Å²) in [5.41, 5.74) is 3.57. The van der Waals surface area contributed by atoms with Crippen LogP contribution < -0.4 is 10.6 Å². The number of nitrogens with zero attached hydrogens (tertiary/aromatic N) is 2. The lowest BCUT2D eigenvalue weighted by molar-refractivity contribution is -0.127. The Kier molecular flexibility index (Phi) is 7.19. The topological polar surface area (TPSA) is 110 Å². The maximum absolute atomic E-state index is 13.8. The van der Waals surface area contributed by atoms with Gasteiger partial charge in [0.05, 0.1) is 17.9 Å². The third-order valence-corrected chi connectivity index (χ3v) is 5.82. The number of carbonyl (C=O) groups excluding carboxylic acids is 4. The summed E-state index contributed by atoms with van der Waals surface area (Å²) in [6, 6.07) is 13.7. The van der Waals surface area contributed by atoms with E-state index in [9.17, 15) is 23.6 Å². The summed E-state index contributed by atoms with van der Waals surface area (Å²) < 4.78 is 20.8. The molecule has 190 valence electrons. The average molecular weight is 505 g/mol. The number of esters is 1. The smallest absolute Gasteiger partial charge is 0.338 e. The highest BCUT2D eigenvalue weighted by molar-refractivity contribution is 6.16. The zero-order chi connectivity index (χ0) is 26.7. The first-order chi connectivity index (χ1) is 17.7. The van der Waals surface area contributed by atoms with Crippen molar-refractivity contribution in [2.45, 2.75) is 20.8 Å². The number of benzene rings is 2. The van der Waals surface area contributed by atoms with Crippen molar-refractivity contribution in [2.24, 2.45) is 0 Å². The second kappa shape index (κ2) is 10.5. The van der Waals surface area contributed by atoms with Gasteiger partial charge < -0.3 is 19.9 Å². The fourth-order valence-corrected chi connectivity index (χ4v) is 4.06. The summed E-state index contributed by atoms with van der Waals surface area (Å²) in [6.07, 6.45) is 1.54. The zero-order valence-corrected chi connectivity index (χ0v) is 20.5. The molecule has 1 aliphatic rings. The standard InChI is InChI=1S/C27H25FN4O5/c1-4-37-26(35)18-9-11-20(12-10-18)32-16(2)13-19(17(32)3)14-23-25(34)31(27(36)30-23)15-24(33)29-22-8-6-5-7-21(22)28/h5-14H,4,15H2,1-3H3,(H,29,33)(H,30,36)/b23-14+. The molecule has 1 fully saturated rings. The van der Waals surface area contributed by atoms with E-state index in [1.165, 1.54) is 18.2 Å². The molecule has 9 nitrogen and oxygen atoms in total. The number of para-hydroxylation sites is 1. The van der Waals surface area contributed by atoms with E-state index in [0.717, 1.165) is 22.0 Å². The van der Waals surface area contributed by atoms with Crippen molar-refractivity contribution in [3.05, 3.63) is 88.6 Å². The van der Waals surface area contributed by atoms with E-state index in [1.54, 1.807) is 43.3 Å². The van der Waals surface area contributed by atoms with Gasteiger partial charge in [-0.15, -0.1) is 0 Å². The molecule has 3 aromatic rings. The predicted octanol–water partition coefficient (Wildman–Crippen LogP) is 3.94. The number of hydrogen-bond donors (Lipinski definition) is 2. The van der Waals surface area contributed by atoms with Crippen LogP contribution in [0.1, 0.15) is 34.2 Å². The summed E-state index contributed by atoms with van der Waals surface area (Å²) >= 11 is 0. The minimum absolute atomic E-state index is 0.0154. The minimum atomic E-state index is -0.747. The van der Waals surface area contributed by atoms with E-state index in [-0.39, 0.29) is 18.0 Å². The van der Waals surface area contributed by atoms with Gasteiger partial charge >= 0.3 is 12.0 Å². The van der Waals surface area contributed by atoms with Crippen LogP contribution >= 0.6 is 0 Å². The summed E-state index contributed by atoms with van der Waals surface area (Å²) in [7, 11) is 0. The fourth-order valence-electron chi connectivity index (χ4n) is 4.06. The molecule has 0 radical (unpaired) electrons. The Bertz CT molecular complexity index is 1430. The van der Waals surface area contributed by atoms with Gasteiger partial charge in [-0.05, 0) is 74.9 Å². The molecule has 1 aromatic heterocycles. The maximum Gasteiger partial charge on any atom is 0.338 e. The van der Waals surface area contributed by atoms with E-state index in [2.05, 4.69) is 10.6 Å². The van der Waals surface area contributed by atoms with Crippen LogP contribution in [0.25, 0.3) is 11.8 Å². The molecule has 0 atom stereocenters. The number of imide groups is 1. The zero-order valence-electron chi connectivity index (χ0n) is 20.5. The van der Waals surface area contributed by atoms with Gasteiger partial charge in [0.2, 0.25) is 5.91 Å². The Hall–Kier alpha value is -4.73. The number of halogens is 1. The van der Waals surface area contributed by atoms with Gasteiger partial charge in [0.15, 0.2) is 0 Å². The summed E-state index contributed by atoms with van der Waals surface area (Å²) in [5, 5.41) is 4.85. The molecule has 4 amide bonds. The Morgan fingerprint density at radius 1 is 1.08 bits per heavy atom. The van der Waals surface area contributed by atoms with Crippen LogP contribution in [0.3, 0.4) is 0 Å². The molecule has 37 heavy (non-hydrogen) atoms. The maximum atomic E-state index is 13.8. The first kappa shape index (κ1) is 25.4. The highest BCUT2D eigenvalue weighted by Gasteiger charge is 2.35. The van der Waals surface area contributed by atoms with Gasteiger partial charge in [-0.25, -0.2) is 18.9 Å². The van der Waals surface area contributed by atoms with Gasteiger partial charge in [0.1, 0.15) is 18.1 Å². The lowest BCUT2D eigenvalue weighted by atomic mass is 10.2. The molecule has 1 aliphatic heterocycles. The molecule has 2 aromatic carbocycles. The van der Waals surface area contributed by atoms with Crippen LogP contribution in [0.4, 0.5) is 14.9 Å². The number of urea groups is 1. The molecule has 0 unspecified atom stereocenters. The molecule has 0 spiro atoms. The quantitative estimate of drug-likeness (QED) is 0.288. The van der Waals surface area contributed by atoms with Gasteiger partial charge in [0.25, 0.3) is 5.91 Å². The predicted molar refractivity (Wildman–Crippen MR) is 134 cm³/mol. The number of aryl methyl sites for hydroxylation is 1. The van der Waals surface area contributed by atoms with Crippen LogP contribution in [-0.4, -0.2) is 46.4 Å². The molecule has 10 heteroatoms. The second-order valence-corrected chi connectivity index (χ2v) is 8.34. The third-order valence-electron chi connectivity index (χ3n) is 5.82. The third kappa shape index (κ3) is 5.27. The molecule has 0 saturated carbocycles. The van der Waals surface area contributed by atoms with Crippen LogP contribution in [0, 0.1) is 19.7 Å². The number of nitrogens with one attached hydrogen (secondary N) is 2. The Morgan fingerprint density at radius 3 is 2.46 bits per heavy atom. The number of amides is 4. The van der Waals surface area contributed by atoms with Crippen LogP contribution in [0.15, 0.2) is 60.3 Å². The number of hydrogen-bond acceptors (Lipinski definition) is 5. The van der Waals surface area contributed by atoms with Crippen LogP contribution in [0.2, 0.25) is 0 Å². The largest absolute Gasteiger partial charge is 0.462 e. The normalized spacial score (nSPS) is 14.2. The number of rotatable bonds is 7. The molecule has 2 N–H and O–H groups in total. The summed E-state index contributed by atoms with van der Waals surface area (Å²) in [5.74, 6) is -2.40. The van der Waals surface area contributed by atoms with E-state index >= 15 is 0 Å². The lowest BCUT2D eigenvalue weighted by Gasteiger charge is -2.12. The number of aromatic nitrogens is 1. The molecule has 0 aliphatic carbocycles. The van der Waals surface area contributed by atoms with Gasteiger partial charge in [-0.1, -0.05) is 12.1 Å². The lowest BCUT2D eigenvalue weighted by Crippen LogP contribution is -2.38. The van der Waals surface area contributed by atoms with Gasteiger partial charge in [-0.3, -0.25) is 9.59 Å². The van der Waals surface area contributed by atoms with Crippen molar-refractivity contribution in [3.63, 3.8) is 0 Å². The highest BCUT2D eigenvalue weighted by Crippen LogP contribution is 2.24. The molecular formula is C27H25FN4O5. The fraction of sp³-hybridized carbons (Fsp3) is 0.185. The molecule has 2 heterocycles. The van der Waals surface area contributed by atoms with Crippen molar-refractivity contribution in [1.29, 1.82) is 0 Å². The summed E-state index contributed by atoms with van der Waals surface area (Å²) in [4.78, 5) is 50.3. The minimum Gasteiger partial charge on any atom is -0.462 e.